The number of carbonyl (C=O) groups is 3. The van der Waals surface area contributed by atoms with Crippen molar-refractivity contribution in [3.63, 3.8) is 0 Å². The van der Waals surface area contributed by atoms with Crippen molar-refractivity contribution in [3.05, 3.63) is 34.9 Å². The van der Waals surface area contributed by atoms with Crippen LogP contribution in [0.3, 0.4) is 0 Å². The topological polar surface area (TPSA) is 78.5 Å². The summed E-state index contributed by atoms with van der Waals surface area (Å²) in [7, 11) is 0. The van der Waals surface area contributed by atoms with Gasteiger partial charge in [-0.3, -0.25) is 14.5 Å². The zero-order valence-corrected chi connectivity index (χ0v) is 13.7. The lowest BCUT2D eigenvalue weighted by Gasteiger charge is -2.23. The number of benzene rings is 1. The molecule has 1 aromatic carbocycles. The van der Waals surface area contributed by atoms with E-state index in [-0.39, 0.29) is 24.4 Å². The van der Waals surface area contributed by atoms with E-state index in [0.29, 0.717) is 0 Å². The smallest absolute Gasteiger partial charge is 0.325 e. The van der Waals surface area contributed by atoms with Crippen molar-refractivity contribution >= 4 is 17.8 Å². The van der Waals surface area contributed by atoms with E-state index in [1.807, 2.05) is 18.2 Å². The van der Waals surface area contributed by atoms with Crippen molar-refractivity contribution < 1.29 is 14.4 Å². The summed E-state index contributed by atoms with van der Waals surface area (Å²) in [5.41, 5.74) is 2.25. The van der Waals surface area contributed by atoms with Gasteiger partial charge in [-0.25, -0.2) is 4.79 Å². The molecule has 1 aromatic rings. The zero-order valence-electron chi connectivity index (χ0n) is 13.7. The van der Waals surface area contributed by atoms with Crippen molar-refractivity contribution in [1.29, 1.82) is 0 Å². The summed E-state index contributed by atoms with van der Waals surface area (Å²) in [5, 5.41) is 5.58. The predicted octanol–water partition coefficient (Wildman–Crippen LogP) is 1.22. The lowest BCUT2D eigenvalue weighted by atomic mass is 9.89. The molecule has 1 saturated heterocycles. The third-order valence-electron chi connectivity index (χ3n) is 5.19. The van der Waals surface area contributed by atoms with Crippen LogP contribution >= 0.6 is 0 Å². The first-order valence-corrected chi connectivity index (χ1v) is 8.53. The lowest BCUT2D eigenvalue weighted by molar-refractivity contribution is -0.134. The van der Waals surface area contributed by atoms with Crippen molar-refractivity contribution in [1.82, 2.24) is 15.5 Å². The van der Waals surface area contributed by atoms with E-state index in [9.17, 15) is 14.4 Å². The molecule has 2 N–H and O–H groups in total. The van der Waals surface area contributed by atoms with Gasteiger partial charge in [0.25, 0.3) is 5.91 Å². The quantitative estimate of drug-likeness (QED) is 0.816. The van der Waals surface area contributed by atoms with Crippen molar-refractivity contribution in [2.75, 3.05) is 6.54 Å². The van der Waals surface area contributed by atoms with Crippen LogP contribution in [0, 0.1) is 0 Å². The Balaban J connectivity index is 1.55. The Kier molecular flexibility index (Phi) is 3.37. The van der Waals surface area contributed by atoms with Gasteiger partial charge in [-0.05, 0) is 55.7 Å². The summed E-state index contributed by atoms with van der Waals surface area (Å²) in [6.45, 7) is 1.49. The third-order valence-corrected chi connectivity index (χ3v) is 5.19. The summed E-state index contributed by atoms with van der Waals surface area (Å²) in [6.07, 6.45) is 5.15. The highest BCUT2D eigenvalue weighted by Gasteiger charge is 2.49. The average molecular weight is 327 g/mol. The Morgan fingerprint density at radius 2 is 2.04 bits per heavy atom. The molecule has 0 radical (unpaired) electrons. The molecule has 24 heavy (non-hydrogen) atoms. The highest BCUT2D eigenvalue weighted by atomic mass is 16.2. The Labute approximate surface area is 140 Å². The number of amides is 4. The van der Waals surface area contributed by atoms with Gasteiger partial charge in [0.15, 0.2) is 0 Å². The fraction of sp³-hybridized carbons (Fsp3) is 0.500. The van der Waals surface area contributed by atoms with E-state index in [0.717, 1.165) is 42.6 Å². The molecule has 0 spiro atoms. The van der Waals surface area contributed by atoms with Gasteiger partial charge >= 0.3 is 6.03 Å². The van der Waals surface area contributed by atoms with Gasteiger partial charge < -0.3 is 10.6 Å². The van der Waals surface area contributed by atoms with Crippen LogP contribution < -0.4 is 10.6 Å². The van der Waals surface area contributed by atoms with Crippen LogP contribution in [0.4, 0.5) is 4.79 Å². The molecule has 0 aromatic heterocycles. The molecule has 6 heteroatoms. The Bertz CT molecular complexity index is 741. The molecule has 1 aliphatic heterocycles. The predicted molar refractivity (Wildman–Crippen MR) is 87.2 cm³/mol. The number of aryl methyl sites for hydroxylation is 2. The second-order valence-electron chi connectivity index (χ2n) is 7.13. The number of nitrogens with one attached hydrogen (secondary N) is 2. The second-order valence-corrected chi connectivity index (χ2v) is 7.13. The van der Waals surface area contributed by atoms with E-state index >= 15 is 0 Å². The first-order valence-electron chi connectivity index (χ1n) is 8.53. The molecule has 3 aliphatic rings. The molecule has 0 bridgehead atoms. The standard InChI is InChI=1S/C18H21N3O3/c1-18(13-6-5-11-3-2-4-12(11)9-13)16(23)21(17(24)20-18)10-15(22)19-14-7-8-14/h5-6,9,14H,2-4,7-8,10H2,1H3,(H,19,22)(H,20,24)/t18-/m0/s1. The maximum absolute atomic E-state index is 12.8. The first-order chi connectivity index (χ1) is 11.5. The summed E-state index contributed by atoms with van der Waals surface area (Å²) >= 11 is 0. The monoisotopic (exact) mass is 327 g/mol. The van der Waals surface area contributed by atoms with Gasteiger partial charge in [0.1, 0.15) is 12.1 Å². The number of imide groups is 1. The molecule has 4 amide bonds. The van der Waals surface area contributed by atoms with Crippen molar-refractivity contribution in [2.45, 2.75) is 50.6 Å². The largest absolute Gasteiger partial charge is 0.352 e. The molecule has 1 heterocycles. The summed E-state index contributed by atoms with van der Waals surface area (Å²) in [5.74, 6) is -0.643. The van der Waals surface area contributed by atoms with Gasteiger partial charge in [0.2, 0.25) is 5.91 Å². The number of hydrogen-bond acceptors (Lipinski definition) is 3. The maximum Gasteiger partial charge on any atom is 0.325 e. The number of rotatable bonds is 4. The molecule has 0 unspecified atom stereocenters. The Hall–Kier alpha value is -2.37. The molecule has 2 aliphatic carbocycles. The Morgan fingerprint density at radius 3 is 2.79 bits per heavy atom. The van der Waals surface area contributed by atoms with E-state index in [1.165, 1.54) is 11.1 Å². The minimum atomic E-state index is -1.10. The van der Waals surface area contributed by atoms with E-state index < -0.39 is 11.6 Å². The van der Waals surface area contributed by atoms with Crippen LogP contribution in [0.15, 0.2) is 18.2 Å². The number of urea groups is 1. The molecule has 6 nitrogen and oxygen atoms in total. The van der Waals surface area contributed by atoms with Crippen LogP contribution in [-0.4, -0.2) is 35.3 Å². The van der Waals surface area contributed by atoms with Crippen LogP contribution in [0.2, 0.25) is 0 Å². The number of hydrogen-bond donors (Lipinski definition) is 2. The highest BCUT2D eigenvalue weighted by molar-refractivity contribution is 6.09. The molecule has 1 atom stereocenters. The van der Waals surface area contributed by atoms with Gasteiger partial charge in [0, 0.05) is 6.04 Å². The third kappa shape index (κ3) is 2.46. The summed E-state index contributed by atoms with van der Waals surface area (Å²) in [6, 6.07) is 5.69. The molecule has 2 fully saturated rings. The lowest BCUT2D eigenvalue weighted by Crippen LogP contribution is -2.43. The molecular formula is C18H21N3O3. The summed E-state index contributed by atoms with van der Waals surface area (Å²) < 4.78 is 0. The van der Waals surface area contributed by atoms with Gasteiger partial charge in [-0.15, -0.1) is 0 Å². The Morgan fingerprint density at radius 1 is 1.29 bits per heavy atom. The highest BCUT2D eigenvalue weighted by Crippen LogP contribution is 2.32. The van der Waals surface area contributed by atoms with E-state index in [2.05, 4.69) is 10.6 Å². The van der Waals surface area contributed by atoms with Gasteiger partial charge in [-0.1, -0.05) is 18.2 Å². The molecule has 126 valence electrons. The van der Waals surface area contributed by atoms with Gasteiger partial charge in [-0.2, -0.15) is 0 Å². The molecule has 1 saturated carbocycles. The maximum atomic E-state index is 12.8. The SMILES string of the molecule is C[C@@]1(c2ccc3c(c2)CCC3)NC(=O)N(CC(=O)NC2CC2)C1=O. The fourth-order valence-electron chi connectivity index (χ4n) is 3.56. The summed E-state index contributed by atoms with van der Waals surface area (Å²) in [4.78, 5) is 38.1. The first kappa shape index (κ1) is 15.2. The zero-order chi connectivity index (χ0) is 16.9. The fourth-order valence-corrected chi connectivity index (χ4v) is 3.56. The van der Waals surface area contributed by atoms with Crippen LogP contribution in [-0.2, 0) is 28.0 Å². The number of carbonyl (C=O) groups excluding carboxylic acids is 3. The van der Waals surface area contributed by atoms with Crippen molar-refractivity contribution in [2.24, 2.45) is 0 Å². The average Bonchev–Trinajstić information content (AvgIpc) is 3.18. The van der Waals surface area contributed by atoms with Crippen LogP contribution in [0.1, 0.15) is 42.9 Å². The van der Waals surface area contributed by atoms with E-state index in [1.54, 1.807) is 6.92 Å². The van der Waals surface area contributed by atoms with Crippen LogP contribution in [0.5, 0.6) is 0 Å². The number of fused-ring (bicyclic) bond motifs is 1. The minimum Gasteiger partial charge on any atom is -0.352 e. The number of nitrogens with zero attached hydrogens (tertiary/aromatic N) is 1. The minimum absolute atomic E-state index is 0.210. The van der Waals surface area contributed by atoms with Crippen LogP contribution in [0.25, 0.3) is 0 Å². The molecular weight excluding hydrogens is 306 g/mol. The second kappa shape index (κ2) is 5.33. The van der Waals surface area contributed by atoms with E-state index in [4.69, 9.17) is 0 Å². The van der Waals surface area contributed by atoms with Crippen molar-refractivity contribution in [3.8, 4) is 0 Å². The molecule has 4 rings (SSSR count). The van der Waals surface area contributed by atoms with Gasteiger partial charge in [0.05, 0.1) is 0 Å². The normalized spacial score (nSPS) is 25.6.